The van der Waals surface area contributed by atoms with Crippen LogP contribution in [0.4, 0.5) is 4.39 Å². The highest BCUT2D eigenvalue weighted by Gasteiger charge is 2.32. The molecule has 3 aromatic carbocycles. The molecule has 1 amide bonds. The molecule has 0 saturated carbocycles. The van der Waals surface area contributed by atoms with Gasteiger partial charge in [0.05, 0.1) is 4.90 Å². The van der Waals surface area contributed by atoms with Crippen LogP contribution < -0.4 is 14.8 Å². The summed E-state index contributed by atoms with van der Waals surface area (Å²) in [5.41, 5.74) is 0.960. The van der Waals surface area contributed by atoms with Gasteiger partial charge in [-0.2, -0.15) is 4.72 Å². The van der Waals surface area contributed by atoms with Gasteiger partial charge < -0.3 is 14.8 Å². The minimum atomic E-state index is -4.15. The smallest absolute Gasteiger partial charge is 0.329 e. The molecule has 8 nitrogen and oxygen atoms in total. The third kappa shape index (κ3) is 10.6. The van der Waals surface area contributed by atoms with E-state index in [9.17, 15) is 22.4 Å². The number of halogens is 1. The van der Waals surface area contributed by atoms with Gasteiger partial charge in [0.25, 0.3) is 0 Å². The SMILES string of the molecule is CC(C)C[C@H](NS(=O)(=O)c1ccc(F)cc1)C(=O)N[C@@H](Cc1ccc(OCc2ccccc2)cc1)C(=O)OC(C)(C)C. The van der Waals surface area contributed by atoms with Gasteiger partial charge in [-0.25, -0.2) is 17.6 Å². The minimum absolute atomic E-state index is 0.0555. The van der Waals surface area contributed by atoms with Crippen LogP contribution >= 0.6 is 0 Å². The van der Waals surface area contributed by atoms with Crippen LogP contribution in [-0.2, 0) is 37.4 Å². The van der Waals surface area contributed by atoms with Crippen LogP contribution in [0.3, 0.4) is 0 Å². The Hall–Kier alpha value is -3.76. The van der Waals surface area contributed by atoms with Gasteiger partial charge >= 0.3 is 5.97 Å². The lowest BCUT2D eigenvalue weighted by molar-refractivity contribution is -0.158. The summed E-state index contributed by atoms with van der Waals surface area (Å²) in [5, 5.41) is 2.71. The number of ether oxygens (including phenoxy) is 2. The van der Waals surface area contributed by atoms with E-state index in [0.717, 1.165) is 35.4 Å². The molecule has 3 aromatic rings. The zero-order chi connectivity index (χ0) is 30.9. The maximum absolute atomic E-state index is 13.5. The molecule has 10 heteroatoms. The first kappa shape index (κ1) is 32.8. The van der Waals surface area contributed by atoms with Crippen molar-refractivity contribution in [2.75, 3.05) is 0 Å². The Morgan fingerprint density at radius 2 is 1.48 bits per heavy atom. The first-order valence-electron chi connectivity index (χ1n) is 13.8. The largest absolute Gasteiger partial charge is 0.489 e. The molecule has 0 aromatic heterocycles. The monoisotopic (exact) mass is 598 g/mol. The number of benzene rings is 3. The second-order valence-corrected chi connectivity index (χ2v) is 13.2. The van der Waals surface area contributed by atoms with Gasteiger partial charge in [0, 0.05) is 6.42 Å². The standard InChI is InChI=1S/C32H39FN2O6S/c1-22(2)19-28(35-42(38,39)27-17-13-25(33)14-18-27)30(36)34-29(31(37)41-32(3,4)5)20-23-11-15-26(16-12-23)40-21-24-9-7-6-8-10-24/h6-18,22,28-29,35H,19-21H2,1-5H3,(H,34,36)/t28-,29-/m0/s1. The van der Waals surface area contributed by atoms with E-state index in [1.807, 2.05) is 44.2 Å². The van der Waals surface area contributed by atoms with E-state index in [0.29, 0.717) is 12.4 Å². The molecule has 0 unspecified atom stereocenters. The number of rotatable bonds is 13. The Kier molecular flexibility index (Phi) is 11.2. The van der Waals surface area contributed by atoms with Gasteiger partial charge in [0.1, 0.15) is 35.9 Å². The number of hydrogen-bond acceptors (Lipinski definition) is 6. The predicted molar refractivity (Wildman–Crippen MR) is 159 cm³/mol. The zero-order valence-electron chi connectivity index (χ0n) is 24.6. The third-order valence-electron chi connectivity index (χ3n) is 6.06. The van der Waals surface area contributed by atoms with Crippen molar-refractivity contribution in [1.82, 2.24) is 10.0 Å². The Morgan fingerprint density at radius 1 is 0.857 bits per heavy atom. The van der Waals surface area contributed by atoms with Crippen molar-refractivity contribution in [3.8, 4) is 5.75 Å². The zero-order valence-corrected chi connectivity index (χ0v) is 25.4. The quantitative estimate of drug-likeness (QED) is 0.263. The van der Waals surface area contributed by atoms with Crippen LogP contribution in [0.25, 0.3) is 0 Å². The molecule has 42 heavy (non-hydrogen) atoms. The average Bonchev–Trinajstić information content (AvgIpc) is 2.91. The molecule has 226 valence electrons. The molecule has 3 rings (SSSR count). The molecule has 2 atom stereocenters. The molecule has 0 aliphatic rings. The number of nitrogens with one attached hydrogen (secondary N) is 2. The van der Waals surface area contributed by atoms with E-state index in [1.165, 1.54) is 0 Å². The fraction of sp³-hybridized carbons (Fsp3) is 0.375. The normalized spacial score (nSPS) is 13.3. The number of carbonyl (C=O) groups is 2. The third-order valence-corrected chi connectivity index (χ3v) is 7.55. The van der Waals surface area contributed by atoms with Crippen molar-refractivity contribution in [1.29, 1.82) is 0 Å². The van der Waals surface area contributed by atoms with Crippen LogP contribution in [0, 0.1) is 11.7 Å². The first-order valence-corrected chi connectivity index (χ1v) is 15.3. The number of hydrogen-bond donors (Lipinski definition) is 2. The second-order valence-electron chi connectivity index (χ2n) is 11.5. The van der Waals surface area contributed by atoms with E-state index in [-0.39, 0.29) is 23.7 Å². The number of carbonyl (C=O) groups excluding carboxylic acids is 2. The topological polar surface area (TPSA) is 111 Å². The lowest BCUT2D eigenvalue weighted by atomic mass is 10.0. The summed E-state index contributed by atoms with van der Waals surface area (Å²) in [7, 11) is -4.15. The fourth-order valence-corrected chi connectivity index (χ4v) is 5.29. The van der Waals surface area contributed by atoms with Gasteiger partial charge in [-0.1, -0.05) is 56.3 Å². The first-order chi connectivity index (χ1) is 19.7. The highest BCUT2D eigenvalue weighted by atomic mass is 32.2. The average molecular weight is 599 g/mol. The van der Waals surface area contributed by atoms with E-state index < -0.39 is 45.4 Å². The van der Waals surface area contributed by atoms with Gasteiger partial charge in [0.15, 0.2) is 0 Å². The fourth-order valence-electron chi connectivity index (χ4n) is 4.09. The highest BCUT2D eigenvalue weighted by molar-refractivity contribution is 7.89. The van der Waals surface area contributed by atoms with Crippen molar-refractivity contribution in [2.24, 2.45) is 5.92 Å². The second kappa shape index (κ2) is 14.4. The maximum Gasteiger partial charge on any atom is 0.329 e. The summed E-state index contributed by atoms with van der Waals surface area (Å²) in [6, 6.07) is 18.9. The van der Waals surface area contributed by atoms with Crippen LogP contribution in [-0.4, -0.2) is 38.0 Å². The Labute approximate surface area is 247 Å². The lowest BCUT2D eigenvalue weighted by Crippen LogP contribution is -2.53. The molecule has 0 saturated heterocycles. The molecular weight excluding hydrogens is 559 g/mol. The van der Waals surface area contributed by atoms with Gasteiger partial charge in [-0.3, -0.25) is 4.79 Å². The van der Waals surface area contributed by atoms with Crippen LogP contribution in [0.5, 0.6) is 5.75 Å². The molecule has 0 radical (unpaired) electrons. The molecule has 0 heterocycles. The van der Waals surface area contributed by atoms with Crippen LogP contribution in [0.15, 0.2) is 83.8 Å². The van der Waals surface area contributed by atoms with Crippen molar-refractivity contribution < 1.29 is 31.9 Å². The Morgan fingerprint density at radius 3 is 2.05 bits per heavy atom. The molecular formula is C32H39FN2O6S. The van der Waals surface area contributed by atoms with Gasteiger partial charge in [-0.15, -0.1) is 0 Å². The van der Waals surface area contributed by atoms with E-state index >= 15 is 0 Å². The lowest BCUT2D eigenvalue weighted by Gasteiger charge is -2.27. The van der Waals surface area contributed by atoms with E-state index in [2.05, 4.69) is 10.0 Å². The van der Waals surface area contributed by atoms with Gasteiger partial charge in [0.2, 0.25) is 15.9 Å². The molecule has 0 bridgehead atoms. The number of sulfonamides is 1. The van der Waals surface area contributed by atoms with Crippen LogP contribution in [0.1, 0.15) is 52.2 Å². The highest BCUT2D eigenvalue weighted by Crippen LogP contribution is 2.18. The molecule has 0 spiro atoms. The molecule has 2 N–H and O–H groups in total. The number of amides is 1. The summed E-state index contributed by atoms with van der Waals surface area (Å²) in [4.78, 5) is 26.5. The van der Waals surface area contributed by atoms with Crippen LogP contribution in [0.2, 0.25) is 0 Å². The molecule has 0 fully saturated rings. The van der Waals surface area contributed by atoms with E-state index in [4.69, 9.17) is 9.47 Å². The summed E-state index contributed by atoms with van der Waals surface area (Å²) in [6.07, 6.45) is 0.277. The van der Waals surface area contributed by atoms with Gasteiger partial charge in [-0.05, 0) is 80.6 Å². The summed E-state index contributed by atoms with van der Waals surface area (Å²) < 4.78 is 53.2. The Balaban J connectivity index is 1.77. The van der Waals surface area contributed by atoms with Crippen molar-refractivity contribution in [3.05, 3.63) is 95.8 Å². The predicted octanol–water partition coefficient (Wildman–Crippen LogP) is 5.17. The molecule has 0 aliphatic carbocycles. The summed E-state index contributed by atoms with van der Waals surface area (Å²) in [5.74, 6) is -1.31. The number of esters is 1. The Bertz CT molecular complexity index is 1420. The van der Waals surface area contributed by atoms with Crippen molar-refractivity contribution >= 4 is 21.9 Å². The van der Waals surface area contributed by atoms with Crippen molar-refractivity contribution in [2.45, 2.75) is 76.6 Å². The molecule has 0 aliphatic heterocycles. The summed E-state index contributed by atoms with van der Waals surface area (Å²) >= 11 is 0. The van der Waals surface area contributed by atoms with Crippen molar-refractivity contribution in [3.63, 3.8) is 0 Å². The minimum Gasteiger partial charge on any atom is -0.489 e. The van der Waals surface area contributed by atoms with E-state index in [1.54, 1.807) is 45.0 Å². The maximum atomic E-state index is 13.5. The summed E-state index contributed by atoms with van der Waals surface area (Å²) in [6.45, 7) is 9.27.